The Labute approximate surface area is 137 Å². The van der Waals surface area contributed by atoms with Gasteiger partial charge in [-0.15, -0.1) is 0 Å². The van der Waals surface area contributed by atoms with Crippen LogP contribution in [0.1, 0.15) is 5.69 Å². The summed E-state index contributed by atoms with van der Waals surface area (Å²) < 4.78 is 0. The molecule has 4 N–H and O–H groups in total. The van der Waals surface area contributed by atoms with Crippen molar-refractivity contribution in [2.45, 2.75) is 12.5 Å². The molecule has 2 radical (unpaired) electrons. The number of nitrogens with one attached hydrogen (secondary N) is 1. The van der Waals surface area contributed by atoms with Crippen molar-refractivity contribution in [3.63, 3.8) is 0 Å². The monoisotopic (exact) mass is 473 g/mol. The quantitative estimate of drug-likeness (QED) is 0.546. The first-order chi connectivity index (χ1) is 5.20. The fourth-order valence-electron chi connectivity index (χ4n) is 0.715. The van der Waals surface area contributed by atoms with Gasteiger partial charge in [0.05, 0.1) is 12.0 Å². The molecule has 0 saturated heterocycles. The van der Waals surface area contributed by atoms with Gasteiger partial charge in [-0.1, -0.05) is 0 Å². The summed E-state index contributed by atoms with van der Waals surface area (Å²) in [6, 6.07) is -0.863. The first-order valence-corrected chi connectivity index (χ1v) is 3.16. The number of carboxylic acid groups (broad SMARTS) is 1. The van der Waals surface area contributed by atoms with Crippen molar-refractivity contribution in [3.05, 3.63) is 18.2 Å². The zero-order valence-electron chi connectivity index (χ0n) is 6.49. The van der Waals surface area contributed by atoms with Crippen molar-refractivity contribution >= 4 is 5.97 Å². The number of carbonyl (C=O) groups is 1. The number of aromatic nitrogens is 2. The molecule has 0 spiro atoms. The summed E-state index contributed by atoms with van der Waals surface area (Å²) in [5.74, 6) is -1.01. The number of H-pyrrole nitrogens is 1. The van der Waals surface area contributed by atoms with E-state index in [1.165, 1.54) is 6.33 Å². The molecule has 5 nitrogen and oxygen atoms in total. The van der Waals surface area contributed by atoms with Crippen LogP contribution in [0.2, 0.25) is 0 Å². The van der Waals surface area contributed by atoms with E-state index in [2.05, 4.69) is 9.97 Å². The summed E-state index contributed by atoms with van der Waals surface area (Å²) in [6.07, 6.45) is 3.38. The van der Waals surface area contributed by atoms with Crippen molar-refractivity contribution < 1.29 is 87.1 Å². The van der Waals surface area contributed by atoms with E-state index < -0.39 is 12.0 Å². The molecule has 0 aliphatic heterocycles. The van der Waals surface area contributed by atoms with Crippen LogP contribution in [0.25, 0.3) is 0 Å². The van der Waals surface area contributed by atoms with Crippen LogP contribution in [0, 0.1) is 77.2 Å². The van der Waals surface area contributed by atoms with Gasteiger partial charge in [-0.25, -0.2) is 4.98 Å². The molecule has 1 aromatic rings. The van der Waals surface area contributed by atoms with E-state index in [9.17, 15) is 4.79 Å². The van der Waals surface area contributed by atoms with E-state index in [1.807, 2.05) is 0 Å². The summed E-state index contributed by atoms with van der Waals surface area (Å²) in [6.45, 7) is 0. The molecular formula is C6H9N3O2Tb2. The Bertz CT molecular complexity index is 240. The Hall–Kier alpha value is 1.21. The number of imidazole rings is 1. The maximum absolute atomic E-state index is 10.3. The molecule has 0 saturated carbocycles. The number of aromatic amines is 1. The second-order valence-electron chi connectivity index (χ2n) is 2.21. The van der Waals surface area contributed by atoms with Crippen molar-refractivity contribution in [3.8, 4) is 0 Å². The van der Waals surface area contributed by atoms with E-state index >= 15 is 0 Å². The van der Waals surface area contributed by atoms with Crippen LogP contribution in [0.15, 0.2) is 12.5 Å². The largest absolute Gasteiger partial charge is 0.480 e. The van der Waals surface area contributed by atoms with Crippen LogP contribution < -0.4 is 5.73 Å². The van der Waals surface area contributed by atoms with Gasteiger partial charge in [-0.2, -0.15) is 0 Å². The third-order valence-electron chi connectivity index (χ3n) is 1.30. The molecule has 0 aliphatic rings. The molecule has 0 unspecified atom stereocenters. The standard InChI is InChI=1S/C6H9N3O2.2Tb/c7-5(6(10)11)1-4-2-8-3-9-4;;/h2-3,5H,1,7H2,(H,8,9)(H,10,11);;/t5-;;/m0../s1. The number of rotatable bonds is 3. The molecule has 7 heteroatoms. The van der Waals surface area contributed by atoms with Crippen LogP contribution in [-0.2, 0) is 11.2 Å². The van der Waals surface area contributed by atoms with Crippen LogP contribution >= 0.6 is 0 Å². The molecular weight excluding hydrogens is 464 g/mol. The molecule has 1 rings (SSSR count). The Morgan fingerprint density at radius 2 is 2.31 bits per heavy atom. The fourth-order valence-corrected chi connectivity index (χ4v) is 0.715. The number of hydrogen-bond donors (Lipinski definition) is 3. The van der Waals surface area contributed by atoms with Crippen molar-refractivity contribution in [2.24, 2.45) is 5.73 Å². The second kappa shape index (κ2) is 8.51. The van der Waals surface area contributed by atoms with E-state index in [0.717, 1.165) is 0 Å². The van der Waals surface area contributed by atoms with Gasteiger partial charge >= 0.3 is 5.97 Å². The van der Waals surface area contributed by atoms with E-state index in [-0.39, 0.29) is 83.6 Å². The van der Waals surface area contributed by atoms with Gasteiger partial charge in [-0.3, -0.25) is 4.79 Å². The van der Waals surface area contributed by atoms with Gasteiger partial charge in [0, 0.05) is 89.8 Å². The first-order valence-electron chi connectivity index (χ1n) is 3.16. The summed E-state index contributed by atoms with van der Waals surface area (Å²) in [7, 11) is 0. The second-order valence-corrected chi connectivity index (χ2v) is 2.21. The van der Waals surface area contributed by atoms with Crippen molar-refractivity contribution in [1.82, 2.24) is 9.97 Å². The van der Waals surface area contributed by atoms with Crippen LogP contribution in [-0.4, -0.2) is 27.1 Å². The third-order valence-corrected chi connectivity index (χ3v) is 1.30. The van der Waals surface area contributed by atoms with Crippen LogP contribution in [0.3, 0.4) is 0 Å². The van der Waals surface area contributed by atoms with Gasteiger partial charge in [-0.05, 0) is 0 Å². The number of hydrogen-bond acceptors (Lipinski definition) is 3. The number of aliphatic carboxylic acids is 1. The number of nitrogens with two attached hydrogens (primary N) is 1. The minimum Gasteiger partial charge on any atom is -0.480 e. The minimum atomic E-state index is -1.01. The third kappa shape index (κ3) is 6.32. The molecule has 0 amide bonds. The average Bonchev–Trinajstić information content (AvgIpc) is 2.39. The topological polar surface area (TPSA) is 92.0 Å². The molecule has 0 bridgehead atoms. The molecule has 0 aromatic carbocycles. The zero-order valence-corrected chi connectivity index (χ0v) is 10.8. The maximum atomic E-state index is 10.3. The van der Waals surface area contributed by atoms with Crippen LogP contribution in [0.5, 0.6) is 0 Å². The van der Waals surface area contributed by atoms with E-state index in [0.29, 0.717) is 5.69 Å². The van der Waals surface area contributed by atoms with Gasteiger partial charge in [0.1, 0.15) is 6.04 Å². The molecule has 1 heterocycles. The normalized spacial score (nSPS) is 10.8. The SMILES string of the molecule is N[C@@H](Cc1c[nH]cn1)C(=O)O.[Tb].[Tb]. The Morgan fingerprint density at radius 3 is 2.69 bits per heavy atom. The van der Waals surface area contributed by atoms with E-state index in [1.54, 1.807) is 6.20 Å². The molecule has 13 heavy (non-hydrogen) atoms. The predicted octanol–water partition coefficient (Wildman–Crippen LogP) is -0.636. The van der Waals surface area contributed by atoms with Crippen LogP contribution in [0.4, 0.5) is 0 Å². The predicted molar refractivity (Wildman–Crippen MR) is 37.9 cm³/mol. The molecule has 0 aliphatic carbocycles. The Balaban J connectivity index is 0. The molecule has 1 aromatic heterocycles. The van der Waals surface area contributed by atoms with E-state index in [4.69, 9.17) is 10.8 Å². The minimum absolute atomic E-state index is 0. The summed E-state index contributed by atoms with van der Waals surface area (Å²) in [5, 5.41) is 8.42. The number of carboxylic acids is 1. The van der Waals surface area contributed by atoms with Gasteiger partial charge < -0.3 is 15.8 Å². The molecule has 0 fully saturated rings. The average molecular weight is 473 g/mol. The molecule has 78 valence electrons. The zero-order chi connectivity index (χ0) is 8.27. The summed E-state index contributed by atoms with van der Waals surface area (Å²) >= 11 is 0. The fraction of sp³-hybridized carbons (Fsp3) is 0.333. The summed E-state index contributed by atoms with van der Waals surface area (Å²) in [5.41, 5.74) is 5.92. The van der Waals surface area contributed by atoms with Gasteiger partial charge in [0.2, 0.25) is 0 Å². The Morgan fingerprint density at radius 1 is 1.69 bits per heavy atom. The van der Waals surface area contributed by atoms with Crippen molar-refractivity contribution in [1.29, 1.82) is 0 Å². The maximum Gasteiger partial charge on any atom is 0.320 e. The summed E-state index contributed by atoms with van der Waals surface area (Å²) in [4.78, 5) is 16.8. The first kappa shape index (κ1) is 16.6. The smallest absolute Gasteiger partial charge is 0.320 e. The Kier molecular flexibility index (Phi) is 10.9. The van der Waals surface area contributed by atoms with Crippen molar-refractivity contribution in [2.75, 3.05) is 0 Å². The molecule has 1 atom stereocenters. The number of nitrogens with zero attached hydrogens (tertiary/aromatic N) is 1. The van der Waals surface area contributed by atoms with Gasteiger partial charge in [0.25, 0.3) is 0 Å². The van der Waals surface area contributed by atoms with Gasteiger partial charge in [0.15, 0.2) is 0 Å².